The van der Waals surface area contributed by atoms with Gasteiger partial charge in [0.15, 0.2) is 5.78 Å². The summed E-state index contributed by atoms with van der Waals surface area (Å²) >= 11 is 0. The van der Waals surface area contributed by atoms with Crippen LogP contribution in [0.1, 0.15) is 33.6 Å². The first-order chi connectivity index (χ1) is 5.91. The molecule has 2 heteroatoms. The fourth-order valence-corrected chi connectivity index (χ4v) is 3.06. The lowest BCUT2D eigenvalue weighted by Gasteiger charge is -2.34. The second-order valence-electron chi connectivity index (χ2n) is 5.66. The van der Waals surface area contributed by atoms with Gasteiger partial charge in [-0.25, -0.2) is 0 Å². The van der Waals surface area contributed by atoms with Gasteiger partial charge in [0.1, 0.15) is 6.10 Å². The number of aliphatic hydroxyl groups is 1. The first-order valence-electron chi connectivity index (χ1n) is 5.13. The number of hydrogen-bond donors (Lipinski definition) is 1. The van der Waals surface area contributed by atoms with Crippen LogP contribution in [-0.4, -0.2) is 17.0 Å². The smallest absolute Gasteiger partial charge is 0.164 e. The van der Waals surface area contributed by atoms with Gasteiger partial charge in [0.2, 0.25) is 0 Å². The van der Waals surface area contributed by atoms with Crippen molar-refractivity contribution in [2.45, 2.75) is 39.7 Å². The van der Waals surface area contributed by atoms with Crippen LogP contribution in [0.5, 0.6) is 0 Å². The van der Waals surface area contributed by atoms with E-state index in [4.69, 9.17) is 0 Å². The lowest BCUT2D eigenvalue weighted by molar-refractivity contribution is -0.134. The maximum atomic E-state index is 11.6. The molecule has 2 bridgehead atoms. The average molecular weight is 182 g/mol. The van der Waals surface area contributed by atoms with Gasteiger partial charge in [-0.2, -0.15) is 0 Å². The summed E-state index contributed by atoms with van der Waals surface area (Å²) in [5, 5.41) is 9.52. The van der Waals surface area contributed by atoms with Gasteiger partial charge in [-0.1, -0.05) is 20.8 Å². The van der Waals surface area contributed by atoms with Gasteiger partial charge in [0.05, 0.1) is 0 Å². The number of carbonyl (C=O) groups excluding carboxylic acids is 1. The Morgan fingerprint density at radius 1 is 1.31 bits per heavy atom. The number of aliphatic hydroxyl groups excluding tert-OH is 1. The normalized spacial score (nSPS) is 44.5. The maximum Gasteiger partial charge on any atom is 0.164 e. The van der Waals surface area contributed by atoms with E-state index in [0.29, 0.717) is 5.92 Å². The molecule has 2 rings (SSSR count). The fourth-order valence-electron chi connectivity index (χ4n) is 3.06. The number of hydrogen-bond acceptors (Lipinski definition) is 2. The second-order valence-corrected chi connectivity index (χ2v) is 5.66. The molecule has 1 N–H and O–H groups in total. The van der Waals surface area contributed by atoms with Crippen LogP contribution in [-0.2, 0) is 4.79 Å². The highest BCUT2D eigenvalue weighted by Gasteiger charge is 2.54. The molecule has 13 heavy (non-hydrogen) atoms. The summed E-state index contributed by atoms with van der Waals surface area (Å²) in [6, 6.07) is 0. The van der Waals surface area contributed by atoms with Crippen molar-refractivity contribution in [3.8, 4) is 0 Å². The summed E-state index contributed by atoms with van der Waals surface area (Å²) in [5.74, 6) is 1.02. The summed E-state index contributed by atoms with van der Waals surface area (Å²) < 4.78 is 0. The Balaban J connectivity index is 2.20. The molecule has 3 unspecified atom stereocenters. The molecule has 2 aliphatic rings. The number of carbonyl (C=O) groups is 1. The highest BCUT2D eigenvalue weighted by molar-refractivity contribution is 5.89. The fraction of sp³-hybridized carbons (Fsp3) is 0.909. The van der Waals surface area contributed by atoms with E-state index in [2.05, 4.69) is 20.8 Å². The van der Waals surface area contributed by atoms with Crippen molar-refractivity contribution in [2.24, 2.45) is 23.2 Å². The Labute approximate surface area is 79.3 Å². The molecule has 0 aromatic heterocycles. The first kappa shape index (κ1) is 9.20. The predicted octanol–water partition coefficient (Wildman–Crippen LogP) is 1.62. The lowest BCUT2D eigenvalue weighted by Crippen LogP contribution is -2.37. The van der Waals surface area contributed by atoms with Crippen LogP contribution in [0.25, 0.3) is 0 Å². The van der Waals surface area contributed by atoms with Crippen LogP contribution >= 0.6 is 0 Å². The minimum Gasteiger partial charge on any atom is -0.385 e. The molecule has 0 saturated heterocycles. The summed E-state index contributed by atoms with van der Waals surface area (Å²) in [7, 11) is 0. The Morgan fingerprint density at radius 2 is 1.92 bits per heavy atom. The topological polar surface area (TPSA) is 37.3 Å². The Morgan fingerprint density at radius 3 is 2.31 bits per heavy atom. The van der Waals surface area contributed by atoms with Crippen molar-refractivity contribution in [2.75, 3.05) is 0 Å². The second kappa shape index (κ2) is 2.57. The zero-order valence-electron chi connectivity index (χ0n) is 8.58. The van der Waals surface area contributed by atoms with Gasteiger partial charge in [-0.3, -0.25) is 4.79 Å². The lowest BCUT2D eigenvalue weighted by atomic mass is 9.71. The number of ketones is 1. The molecule has 0 aliphatic heterocycles. The quantitative estimate of drug-likeness (QED) is 0.618. The third-order valence-corrected chi connectivity index (χ3v) is 3.81. The van der Waals surface area contributed by atoms with Crippen molar-refractivity contribution >= 4 is 5.78 Å². The summed E-state index contributed by atoms with van der Waals surface area (Å²) in [4.78, 5) is 11.6. The van der Waals surface area contributed by atoms with Gasteiger partial charge in [-0.15, -0.1) is 0 Å². The maximum absolute atomic E-state index is 11.6. The molecule has 0 radical (unpaired) electrons. The van der Waals surface area contributed by atoms with Crippen molar-refractivity contribution in [1.82, 2.24) is 0 Å². The highest BCUT2D eigenvalue weighted by atomic mass is 16.3. The van der Waals surface area contributed by atoms with Crippen LogP contribution in [0.2, 0.25) is 0 Å². The Bertz CT molecular complexity index is 239. The van der Waals surface area contributed by atoms with Gasteiger partial charge in [0.25, 0.3) is 0 Å². The molecule has 2 fully saturated rings. The van der Waals surface area contributed by atoms with E-state index in [1.165, 1.54) is 0 Å². The van der Waals surface area contributed by atoms with Crippen LogP contribution < -0.4 is 0 Å². The zero-order valence-corrected chi connectivity index (χ0v) is 8.58. The van der Waals surface area contributed by atoms with Crippen molar-refractivity contribution in [3.05, 3.63) is 0 Å². The molecule has 0 heterocycles. The Kier molecular flexibility index (Phi) is 1.82. The molecule has 4 atom stereocenters. The van der Waals surface area contributed by atoms with Gasteiger partial charge >= 0.3 is 0 Å². The SMILES string of the molecule is CC(C)(C)C1CC2CC1C(=O)[C@@H]2O. The van der Waals surface area contributed by atoms with Crippen LogP contribution in [0, 0.1) is 23.2 Å². The Hall–Kier alpha value is -0.370. The molecule has 74 valence electrons. The van der Waals surface area contributed by atoms with Crippen LogP contribution in [0.15, 0.2) is 0 Å². The molecule has 2 saturated carbocycles. The van der Waals surface area contributed by atoms with E-state index in [9.17, 15) is 9.90 Å². The van der Waals surface area contributed by atoms with Gasteiger partial charge in [0, 0.05) is 5.92 Å². The van der Waals surface area contributed by atoms with Crippen molar-refractivity contribution < 1.29 is 9.90 Å². The van der Waals surface area contributed by atoms with E-state index in [0.717, 1.165) is 12.8 Å². The zero-order chi connectivity index (χ0) is 9.80. The number of rotatable bonds is 0. The molecule has 0 spiro atoms. The molecule has 2 nitrogen and oxygen atoms in total. The summed E-state index contributed by atoms with van der Waals surface area (Å²) in [6.07, 6.45) is 1.34. The molecule has 2 aliphatic carbocycles. The van der Waals surface area contributed by atoms with Gasteiger partial charge < -0.3 is 5.11 Å². The summed E-state index contributed by atoms with van der Waals surface area (Å²) in [6.45, 7) is 6.58. The largest absolute Gasteiger partial charge is 0.385 e. The van der Waals surface area contributed by atoms with Crippen LogP contribution in [0.3, 0.4) is 0 Å². The third kappa shape index (κ3) is 1.23. The molecule has 0 amide bonds. The van der Waals surface area contributed by atoms with E-state index in [1.54, 1.807) is 0 Å². The molecule has 0 aromatic rings. The van der Waals surface area contributed by atoms with E-state index < -0.39 is 6.10 Å². The number of Topliss-reactive ketones (excluding diaryl/α,β-unsaturated/α-hetero) is 1. The van der Waals surface area contributed by atoms with E-state index >= 15 is 0 Å². The predicted molar refractivity (Wildman–Crippen MR) is 50.2 cm³/mol. The molecular weight excluding hydrogens is 164 g/mol. The average Bonchev–Trinajstić information content (AvgIpc) is 2.51. The van der Waals surface area contributed by atoms with Gasteiger partial charge in [-0.05, 0) is 30.1 Å². The molecule has 0 aromatic carbocycles. The standard InChI is InChI=1S/C11H18O2/c1-11(2,3)8-5-6-4-7(8)10(13)9(6)12/h6-9,12H,4-5H2,1-3H3/t6?,7?,8?,9-/m1/s1. The number of fused-ring (bicyclic) bond motifs is 2. The molecular formula is C11H18O2. The summed E-state index contributed by atoms with van der Waals surface area (Å²) in [5.41, 5.74) is 0.217. The van der Waals surface area contributed by atoms with Crippen molar-refractivity contribution in [1.29, 1.82) is 0 Å². The first-order valence-corrected chi connectivity index (χ1v) is 5.13. The minimum absolute atomic E-state index is 0.108. The van der Waals surface area contributed by atoms with E-state index in [1.807, 2.05) is 0 Å². The van der Waals surface area contributed by atoms with E-state index in [-0.39, 0.29) is 23.0 Å². The monoisotopic (exact) mass is 182 g/mol. The minimum atomic E-state index is -0.636. The third-order valence-electron chi connectivity index (χ3n) is 3.81. The van der Waals surface area contributed by atoms with Crippen molar-refractivity contribution in [3.63, 3.8) is 0 Å². The highest BCUT2D eigenvalue weighted by Crippen LogP contribution is 2.52. The van der Waals surface area contributed by atoms with Crippen LogP contribution in [0.4, 0.5) is 0 Å².